The van der Waals surface area contributed by atoms with E-state index in [1.165, 1.54) is 0 Å². The van der Waals surface area contributed by atoms with Crippen molar-refractivity contribution in [2.24, 2.45) is 0 Å². The number of carboxylic acids is 1. The Morgan fingerprint density at radius 1 is 1.00 bits per heavy atom. The summed E-state index contributed by atoms with van der Waals surface area (Å²) in [5.74, 6) is -0.942. The normalized spacial score (nSPS) is 11.0. The van der Waals surface area contributed by atoms with E-state index < -0.39 is 5.97 Å². The Hall–Kier alpha value is -2.29. The third-order valence-corrected chi connectivity index (χ3v) is 2.63. The van der Waals surface area contributed by atoms with Crippen molar-refractivity contribution in [2.75, 3.05) is 0 Å². The van der Waals surface area contributed by atoms with Crippen LogP contribution >= 0.6 is 0 Å². The molecule has 1 aromatic heterocycles. The number of carbonyl (C=O) groups is 1. The molecule has 0 aliphatic carbocycles. The summed E-state index contributed by atoms with van der Waals surface area (Å²) in [5.41, 5.74) is 1.63. The minimum Gasteiger partial charge on any atom is -0.478 e. The molecule has 1 N–H and O–H groups in total. The Balaban J connectivity index is 2.41. The molecule has 0 fully saturated rings. The fraction of sp³-hybridized carbons (Fsp3) is 0. The molecule has 0 aliphatic rings. The van der Waals surface area contributed by atoms with Gasteiger partial charge in [0.2, 0.25) is 0 Å². The second-order valence-electron chi connectivity index (χ2n) is 3.61. The molecule has 1 heterocycles. The first-order valence-electron chi connectivity index (χ1n) is 4.90. The van der Waals surface area contributed by atoms with Gasteiger partial charge in [0.05, 0.1) is 5.56 Å². The zero-order valence-corrected chi connectivity index (χ0v) is 8.31. The number of hydrogen-bond acceptors (Lipinski definition) is 2. The Labute approximate surface area is 90.9 Å². The van der Waals surface area contributed by atoms with Crippen molar-refractivity contribution in [1.82, 2.24) is 0 Å². The average Bonchev–Trinajstić information content (AvgIpc) is 2.66. The molecule has 3 aromatic rings. The third-order valence-electron chi connectivity index (χ3n) is 2.63. The Kier molecular flexibility index (Phi) is 1.74. The summed E-state index contributed by atoms with van der Waals surface area (Å²) >= 11 is 0. The van der Waals surface area contributed by atoms with Gasteiger partial charge in [-0.25, -0.2) is 4.79 Å². The van der Waals surface area contributed by atoms with E-state index in [0.29, 0.717) is 5.58 Å². The summed E-state index contributed by atoms with van der Waals surface area (Å²) < 4.78 is 5.58. The van der Waals surface area contributed by atoms with Crippen LogP contribution in [0.2, 0.25) is 0 Å². The van der Waals surface area contributed by atoms with Gasteiger partial charge in [-0.15, -0.1) is 0 Å². The van der Waals surface area contributed by atoms with Gasteiger partial charge in [0.15, 0.2) is 0 Å². The lowest BCUT2D eigenvalue weighted by Gasteiger charge is -1.92. The van der Waals surface area contributed by atoms with Gasteiger partial charge < -0.3 is 9.52 Å². The minimum absolute atomic E-state index is 0.242. The first kappa shape index (κ1) is 8.97. The maximum Gasteiger partial charge on any atom is 0.335 e. The lowest BCUT2D eigenvalue weighted by molar-refractivity contribution is 0.0697. The van der Waals surface area contributed by atoms with Crippen molar-refractivity contribution in [1.29, 1.82) is 0 Å². The number of carboxylic acid groups (broad SMARTS) is 1. The van der Waals surface area contributed by atoms with E-state index in [4.69, 9.17) is 9.52 Å². The number of aromatic carboxylic acids is 1. The van der Waals surface area contributed by atoms with Crippen molar-refractivity contribution in [3.05, 3.63) is 48.0 Å². The van der Waals surface area contributed by atoms with Crippen molar-refractivity contribution < 1.29 is 14.3 Å². The first-order valence-corrected chi connectivity index (χ1v) is 4.90. The van der Waals surface area contributed by atoms with E-state index in [-0.39, 0.29) is 5.56 Å². The van der Waals surface area contributed by atoms with Crippen LogP contribution in [0.25, 0.3) is 21.9 Å². The van der Waals surface area contributed by atoms with Gasteiger partial charge in [-0.3, -0.25) is 0 Å². The molecule has 3 nitrogen and oxygen atoms in total. The van der Waals surface area contributed by atoms with Crippen molar-refractivity contribution in [2.45, 2.75) is 0 Å². The minimum atomic E-state index is -0.942. The molecular formula is C13H8O3. The van der Waals surface area contributed by atoms with Crippen LogP contribution in [-0.4, -0.2) is 11.1 Å². The van der Waals surface area contributed by atoms with E-state index in [2.05, 4.69) is 0 Å². The highest BCUT2D eigenvalue weighted by Crippen LogP contribution is 2.28. The summed E-state index contributed by atoms with van der Waals surface area (Å²) in [4.78, 5) is 10.8. The predicted molar refractivity (Wildman–Crippen MR) is 60.7 cm³/mol. The zero-order valence-electron chi connectivity index (χ0n) is 8.31. The Bertz CT molecular complexity index is 695. The molecule has 0 aliphatic heterocycles. The molecule has 78 valence electrons. The molecule has 0 amide bonds. The number of para-hydroxylation sites is 1. The largest absolute Gasteiger partial charge is 0.478 e. The lowest BCUT2D eigenvalue weighted by Crippen LogP contribution is -1.94. The van der Waals surface area contributed by atoms with E-state index >= 15 is 0 Å². The molecule has 16 heavy (non-hydrogen) atoms. The number of benzene rings is 2. The molecule has 0 spiro atoms. The lowest BCUT2D eigenvalue weighted by atomic mass is 10.1. The maximum absolute atomic E-state index is 10.8. The van der Waals surface area contributed by atoms with Crippen molar-refractivity contribution in [3.63, 3.8) is 0 Å². The van der Waals surface area contributed by atoms with Crippen molar-refractivity contribution in [3.8, 4) is 0 Å². The average molecular weight is 212 g/mol. The van der Waals surface area contributed by atoms with Gasteiger partial charge in [0, 0.05) is 10.8 Å². The molecular weight excluding hydrogens is 204 g/mol. The molecule has 3 heteroatoms. The topological polar surface area (TPSA) is 50.4 Å². The van der Waals surface area contributed by atoms with Crippen LogP contribution in [0.15, 0.2) is 46.9 Å². The zero-order chi connectivity index (χ0) is 11.1. The van der Waals surface area contributed by atoms with Crippen LogP contribution in [0.1, 0.15) is 10.4 Å². The van der Waals surface area contributed by atoms with Crippen LogP contribution < -0.4 is 0 Å². The number of fused-ring (bicyclic) bond motifs is 3. The molecule has 0 atom stereocenters. The van der Waals surface area contributed by atoms with Gasteiger partial charge >= 0.3 is 5.97 Å². The number of furan rings is 1. The fourth-order valence-electron chi connectivity index (χ4n) is 1.86. The Morgan fingerprint density at radius 3 is 2.56 bits per heavy atom. The predicted octanol–water partition coefficient (Wildman–Crippen LogP) is 3.28. The molecule has 0 unspecified atom stereocenters. The second kappa shape index (κ2) is 3.10. The maximum atomic E-state index is 10.8. The highest BCUT2D eigenvalue weighted by molar-refractivity contribution is 6.06. The van der Waals surface area contributed by atoms with Gasteiger partial charge in [-0.1, -0.05) is 18.2 Å². The first-order chi connectivity index (χ1) is 7.75. The smallest absolute Gasteiger partial charge is 0.335 e. The highest BCUT2D eigenvalue weighted by atomic mass is 16.4. The Morgan fingerprint density at radius 2 is 1.75 bits per heavy atom. The third kappa shape index (κ3) is 1.18. The van der Waals surface area contributed by atoms with Gasteiger partial charge in [0.25, 0.3) is 0 Å². The van der Waals surface area contributed by atoms with E-state index in [9.17, 15) is 4.79 Å². The number of rotatable bonds is 1. The quantitative estimate of drug-likeness (QED) is 0.673. The summed E-state index contributed by atoms with van der Waals surface area (Å²) in [7, 11) is 0. The van der Waals surface area contributed by atoms with Crippen LogP contribution in [0, 0.1) is 0 Å². The fourth-order valence-corrected chi connectivity index (χ4v) is 1.86. The second-order valence-corrected chi connectivity index (χ2v) is 3.61. The summed E-state index contributed by atoms with van der Waals surface area (Å²) in [6.07, 6.45) is 0. The molecule has 0 saturated carbocycles. The summed E-state index contributed by atoms with van der Waals surface area (Å²) in [6, 6.07) is 12.6. The van der Waals surface area contributed by atoms with Crippen LogP contribution in [0.3, 0.4) is 0 Å². The summed E-state index contributed by atoms with van der Waals surface area (Å²) in [6.45, 7) is 0. The van der Waals surface area contributed by atoms with E-state index in [0.717, 1.165) is 16.4 Å². The van der Waals surface area contributed by atoms with Crippen LogP contribution in [-0.2, 0) is 0 Å². The van der Waals surface area contributed by atoms with E-state index in [1.807, 2.05) is 24.3 Å². The van der Waals surface area contributed by atoms with Gasteiger partial charge in [-0.05, 0) is 24.3 Å². The van der Waals surface area contributed by atoms with Gasteiger partial charge in [-0.2, -0.15) is 0 Å². The molecule has 0 radical (unpaired) electrons. The highest BCUT2D eigenvalue weighted by Gasteiger charge is 2.09. The SMILES string of the molecule is O=C(O)c1ccc2c(c1)oc1ccccc12. The summed E-state index contributed by atoms with van der Waals surface area (Å²) in [5, 5.41) is 10.8. The molecule has 2 aromatic carbocycles. The van der Waals surface area contributed by atoms with Crippen LogP contribution in [0.5, 0.6) is 0 Å². The van der Waals surface area contributed by atoms with Gasteiger partial charge in [0.1, 0.15) is 11.2 Å². The number of hydrogen-bond donors (Lipinski definition) is 1. The standard InChI is InChI=1S/C13H8O3/c14-13(15)8-5-6-10-9-3-1-2-4-11(9)16-12(10)7-8/h1-7H,(H,14,15). The van der Waals surface area contributed by atoms with E-state index in [1.54, 1.807) is 18.2 Å². The van der Waals surface area contributed by atoms with Crippen molar-refractivity contribution >= 4 is 27.9 Å². The molecule has 3 rings (SSSR count). The molecule has 0 bridgehead atoms. The monoisotopic (exact) mass is 212 g/mol. The molecule has 0 saturated heterocycles. The van der Waals surface area contributed by atoms with Crippen LogP contribution in [0.4, 0.5) is 0 Å².